The summed E-state index contributed by atoms with van der Waals surface area (Å²) >= 11 is 0. The second-order valence-corrected chi connectivity index (χ2v) is 4.05. The van der Waals surface area contributed by atoms with Crippen LogP contribution in [0.25, 0.3) is 6.08 Å². The first-order chi connectivity index (χ1) is 10.0. The monoisotopic (exact) mass is 291 g/mol. The molecule has 4 N–H and O–H groups in total. The van der Waals surface area contributed by atoms with E-state index in [0.717, 1.165) is 6.08 Å². The molecule has 1 rings (SSSR count). The minimum Gasteiger partial charge on any atom is -0.478 e. The molecule has 0 aliphatic rings. The van der Waals surface area contributed by atoms with E-state index in [4.69, 9.17) is 5.11 Å². The number of carbonyl (C=O) groups is 3. The number of amides is 3. The Labute approximate surface area is 122 Å². The smallest absolute Gasteiger partial charge is 0.328 e. The van der Waals surface area contributed by atoms with Crippen molar-refractivity contribution in [1.82, 2.24) is 10.6 Å². The van der Waals surface area contributed by atoms with Crippen LogP contribution in [0.4, 0.5) is 10.5 Å². The van der Waals surface area contributed by atoms with Crippen molar-refractivity contribution in [2.75, 3.05) is 18.4 Å². The van der Waals surface area contributed by atoms with Crippen molar-refractivity contribution in [3.05, 3.63) is 35.9 Å². The lowest BCUT2D eigenvalue weighted by molar-refractivity contribution is -0.131. The van der Waals surface area contributed by atoms with Gasteiger partial charge < -0.3 is 21.1 Å². The molecule has 0 saturated carbocycles. The molecular formula is C14H17N3O4. The molecular weight excluding hydrogens is 274 g/mol. The SMILES string of the molecule is CCNC(=O)CNC(=O)Nc1ccc(/C=C/C(=O)O)cc1. The van der Waals surface area contributed by atoms with Crippen LogP contribution >= 0.6 is 0 Å². The zero-order valence-electron chi connectivity index (χ0n) is 11.6. The molecule has 3 amide bonds. The Hall–Kier alpha value is -2.83. The fourth-order valence-corrected chi connectivity index (χ4v) is 1.44. The molecule has 0 fully saturated rings. The van der Waals surface area contributed by atoms with Gasteiger partial charge in [-0.25, -0.2) is 9.59 Å². The first-order valence-electron chi connectivity index (χ1n) is 6.34. The van der Waals surface area contributed by atoms with Gasteiger partial charge in [0.05, 0.1) is 6.54 Å². The lowest BCUT2D eigenvalue weighted by atomic mass is 10.2. The predicted molar refractivity (Wildman–Crippen MR) is 78.8 cm³/mol. The molecule has 7 nitrogen and oxygen atoms in total. The number of rotatable bonds is 6. The first kappa shape index (κ1) is 16.2. The zero-order chi connectivity index (χ0) is 15.7. The number of likely N-dealkylation sites (N-methyl/N-ethyl adjacent to an activating group) is 1. The summed E-state index contributed by atoms with van der Waals surface area (Å²) in [5.74, 6) is -1.29. The van der Waals surface area contributed by atoms with Gasteiger partial charge in [0.2, 0.25) is 5.91 Å². The molecule has 0 bridgehead atoms. The van der Waals surface area contributed by atoms with Crippen LogP contribution in [0.2, 0.25) is 0 Å². The van der Waals surface area contributed by atoms with Crippen LogP contribution in [0.5, 0.6) is 0 Å². The van der Waals surface area contributed by atoms with Crippen LogP contribution in [-0.4, -0.2) is 36.1 Å². The quantitative estimate of drug-likeness (QED) is 0.587. The van der Waals surface area contributed by atoms with Crippen molar-refractivity contribution in [3.8, 4) is 0 Å². The van der Waals surface area contributed by atoms with E-state index in [0.29, 0.717) is 17.8 Å². The molecule has 0 aliphatic carbocycles. The predicted octanol–water partition coefficient (Wildman–Crippen LogP) is 1.04. The summed E-state index contributed by atoms with van der Waals surface area (Å²) in [6.07, 6.45) is 2.47. The molecule has 112 valence electrons. The molecule has 0 unspecified atom stereocenters. The maximum Gasteiger partial charge on any atom is 0.328 e. The number of hydrogen-bond acceptors (Lipinski definition) is 3. The van der Waals surface area contributed by atoms with Gasteiger partial charge in [-0.15, -0.1) is 0 Å². The van der Waals surface area contributed by atoms with Gasteiger partial charge in [0.1, 0.15) is 0 Å². The van der Waals surface area contributed by atoms with E-state index in [1.54, 1.807) is 31.2 Å². The Balaban J connectivity index is 2.46. The van der Waals surface area contributed by atoms with Crippen LogP contribution < -0.4 is 16.0 Å². The van der Waals surface area contributed by atoms with Gasteiger partial charge in [-0.3, -0.25) is 4.79 Å². The van der Waals surface area contributed by atoms with Crippen LogP contribution in [0.15, 0.2) is 30.3 Å². The fraction of sp³-hybridized carbons (Fsp3) is 0.214. The van der Waals surface area contributed by atoms with Crippen LogP contribution in [0.3, 0.4) is 0 Å². The highest BCUT2D eigenvalue weighted by Crippen LogP contribution is 2.10. The Morgan fingerprint density at radius 3 is 2.38 bits per heavy atom. The summed E-state index contributed by atoms with van der Waals surface area (Å²) < 4.78 is 0. The number of nitrogens with one attached hydrogen (secondary N) is 3. The second-order valence-electron chi connectivity index (χ2n) is 4.05. The maximum absolute atomic E-state index is 11.5. The minimum atomic E-state index is -1.03. The molecule has 21 heavy (non-hydrogen) atoms. The Morgan fingerprint density at radius 1 is 1.14 bits per heavy atom. The molecule has 0 heterocycles. The molecule has 7 heteroatoms. The van der Waals surface area contributed by atoms with Crippen molar-refractivity contribution in [3.63, 3.8) is 0 Å². The number of carbonyl (C=O) groups excluding carboxylic acids is 2. The number of hydrogen-bond donors (Lipinski definition) is 4. The Kier molecular flexibility index (Phi) is 6.46. The number of anilines is 1. The average molecular weight is 291 g/mol. The third-order valence-electron chi connectivity index (χ3n) is 2.37. The average Bonchev–Trinajstić information content (AvgIpc) is 2.45. The number of urea groups is 1. The molecule has 0 atom stereocenters. The van der Waals surface area contributed by atoms with E-state index >= 15 is 0 Å². The Bertz CT molecular complexity index is 538. The molecule has 0 radical (unpaired) electrons. The molecule has 0 aliphatic heterocycles. The minimum absolute atomic E-state index is 0.0981. The van der Waals surface area contributed by atoms with Crippen molar-refractivity contribution in [2.45, 2.75) is 6.92 Å². The van der Waals surface area contributed by atoms with E-state index in [9.17, 15) is 14.4 Å². The van der Waals surface area contributed by atoms with Gasteiger partial charge in [-0.2, -0.15) is 0 Å². The third kappa shape index (κ3) is 6.76. The highest BCUT2D eigenvalue weighted by Gasteiger charge is 2.04. The summed E-state index contributed by atoms with van der Waals surface area (Å²) in [6, 6.07) is 6.10. The highest BCUT2D eigenvalue weighted by atomic mass is 16.4. The van der Waals surface area contributed by atoms with Gasteiger partial charge in [0.15, 0.2) is 0 Å². The van der Waals surface area contributed by atoms with Crippen molar-refractivity contribution >= 4 is 29.7 Å². The molecule has 0 spiro atoms. The maximum atomic E-state index is 11.5. The largest absolute Gasteiger partial charge is 0.478 e. The van der Waals surface area contributed by atoms with Gasteiger partial charge in [-0.1, -0.05) is 12.1 Å². The fourth-order valence-electron chi connectivity index (χ4n) is 1.44. The summed E-state index contributed by atoms with van der Waals surface area (Å²) in [6.45, 7) is 2.20. The van der Waals surface area contributed by atoms with E-state index in [-0.39, 0.29) is 12.5 Å². The standard InChI is InChI=1S/C14H17N3O4/c1-2-15-12(18)9-16-14(21)17-11-6-3-10(4-7-11)5-8-13(19)20/h3-8H,2,9H2,1H3,(H,15,18)(H,19,20)(H2,16,17,21)/b8-5+. The Morgan fingerprint density at radius 2 is 1.81 bits per heavy atom. The van der Waals surface area contributed by atoms with Gasteiger partial charge in [-0.05, 0) is 30.7 Å². The lowest BCUT2D eigenvalue weighted by Crippen LogP contribution is -2.38. The van der Waals surface area contributed by atoms with Crippen molar-refractivity contribution < 1.29 is 19.5 Å². The summed E-state index contributed by atoms with van der Waals surface area (Å²) in [7, 11) is 0. The number of carboxylic acid groups (broad SMARTS) is 1. The van der Waals surface area contributed by atoms with Crippen LogP contribution in [0, 0.1) is 0 Å². The first-order valence-corrected chi connectivity index (χ1v) is 6.34. The van der Waals surface area contributed by atoms with Gasteiger partial charge >= 0.3 is 12.0 Å². The van der Waals surface area contributed by atoms with E-state index in [1.165, 1.54) is 6.08 Å². The van der Waals surface area contributed by atoms with Crippen LogP contribution in [0.1, 0.15) is 12.5 Å². The number of benzene rings is 1. The second kappa shape index (κ2) is 8.36. The molecule has 0 aromatic heterocycles. The molecule has 1 aromatic rings. The van der Waals surface area contributed by atoms with E-state index in [1.807, 2.05) is 0 Å². The number of carboxylic acids is 1. The molecule has 0 saturated heterocycles. The normalized spacial score (nSPS) is 10.1. The van der Waals surface area contributed by atoms with E-state index in [2.05, 4.69) is 16.0 Å². The van der Waals surface area contributed by atoms with Crippen LogP contribution in [-0.2, 0) is 9.59 Å². The van der Waals surface area contributed by atoms with E-state index < -0.39 is 12.0 Å². The van der Waals surface area contributed by atoms with Gasteiger partial charge in [0.25, 0.3) is 0 Å². The summed E-state index contributed by atoms with van der Waals surface area (Å²) in [5.41, 5.74) is 1.24. The molecule has 1 aromatic carbocycles. The zero-order valence-corrected chi connectivity index (χ0v) is 11.6. The van der Waals surface area contributed by atoms with Crippen molar-refractivity contribution in [1.29, 1.82) is 0 Å². The topological polar surface area (TPSA) is 108 Å². The summed E-state index contributed by atoms with van der Waals surface area (Å²) in [4.78, 5) is 33.1. The van der Waals surface area contributed by atoms with Gasteiger partial charge in [0, 0.05) is 18.3 Å². The third-order valence-corrected chi connectivity index (χ3v) is 2.37. The lowest BCUT2D eigenvalue weighted by Gasteiger charge is -2.07. The summed E-state index contributed by atoms with van der Waals surface area (Å²) in [5, 5.41) is 16.0. The van der Waals surface area contributed by atoms with Crippen molar-refractivity contribution in [2.24, 2.45) is 0 Å². The highest BCUT2D eigenvalue weighted by molar-refractivity contribution is 5.92. The number of aliphatic carboxylic acids is 1.